The molecule has 0 aliphatic heterocycles. The van der Waals surface area contributed by atoms with Crippen LogP contribution in [0.1, 0.15) is 53.7 Å². The van der Waals surface area contributed by atoms with Gasteiger partial charge in [-0.25, -0.2) is 0 Å². The Morgan fingerprint density at radius 2 is 2.05 bits per heavy atom. The number of hydrogen-bond donors (Lipinski definition) is 1. The summed E-state index contributed by atoms with van der Waals surface area (Å²) in [7, 11) is 0. The summed E-state index contributed by atoms with van der Waals surface area (Å²) in [5.74, 6) is 0.581. The monoisotopic (exact) mass is 266 g/mol. The topological polar surface area (TPSA) is 38.9 Å². The van der Waals surface area contributed by atoms with E-state index in [1.807, 2.05) is 25.1 Å². The molecule has 2 aromatic rings. The zero-order valence-corrected chi connectivity index (χ0v) is 12.0. The fourth-order valence-corrected chi connectivity index (χ4v) is 3.30. The summed E-state index contributed by atoms with van der Waals surface area (Å²) in [4.78, 5) is 4.57. The van der Waals surface area contributed by atoms with Crippen molar-refractivity contribution in [2.24, 2.45) is 5.73 Å². The quantitative estimate of drug-likeness (QED) is 0.915. The van der Waals surface area contributed by atoms with Crippen LogP contribution in [0.4, 0.5) is 0 Å². The fraction of sp³-hybridized carbons (Fsp3) is 0.389. The molecular formula is C18H22N2. The second-order valence-electron chi connectivity index (χ2n) is 5.83. The van der Waals surface area contributed by atoms with Crippen LogP contribution in [-0.2, 0) is 6.42 Å². The maximum Gasteiger partial charge on any atom is 0.0574 e. The second kappa shape index (κ2) is 5.76. The molecule has 1 aliphatic carbocycles. The van der Waals surface area contributed by atoms with Crippen molar-refractivity contribution in [3.63, 3.8) is 0 Å². The molecule has 0 saturated heterocycles. The summed E-state index contributed by atoms with van der Waals surface area (Å²) < 4.78 is 0. The molecule has 0 radical (unpaired) electrons. The molecule has 0 fully saturated rings. The third kappa shape index (κ3) is 2.75. The lowest BCUT2D eigenvalue weighted by Crippen LogP contribution is -2.19. The molecule has 20 heavy (non-hydrogen) atoms. The summed E-state index contributed by atoms with van der Waals surface area (Å²) in [6.07, 6.45) is 4.73. The van der Waals surface area contributed by atoms with E-state index in [1.54, 1.807) is 0 Å². The third-order valence-electron chi connectivity index (χ3n) is 4.32. The number of nitrogens with zero attached hydrogens (tertiary/aromatic N) is 1. The van der Waals surface area contributed by atoms with Gasteiger partial charge in [0.05, 0.1) is 5.69 Å². The molecule has 0 amide bonds. The van der Waals surface area contributed by atoms with Gasteiger partial charge >= 0.3 is 0 Å². The van der Waals surface area contributed by atoms with Gasteiger partial charge in [-0.05, 0) is 61.8 Å². The van der Waals surface area contributed by atoms with Crippen LogP contribution < -0.4 is 5.73 Å². The van der Waals surface area contributed by atoms with E-state index >= 15 is 0 Å². The molecule has 2 N–H and O–H groups in total. The van der Waals surface area contributed by atoms with Crippen molar-refractivity contribution in [2.45, 2.75) is 44.6 Å². The number of aryl methyl sites for hydroxylation is 2. The molecule has 2 atom stereocenters. The number of hydrogen-bond acceptors (Lipinski definition) is 2. The van der Waals surface area contributed by atoms with Gasteiger partial charge in [0.2, 0.25) is 0 Å². The van der Waals surface area contributed by atoms with Gasteiger partial charge in [-0.2, -0.15) is 0 Å². The first-order valence-corrected chi connectivity index (χ1v) is 7.51. The Balaban J connectivity index is 1.79. The standard InChI is InChI=1S/C18H22N2/c1-13-6-4-11-18(20-13)17(19)12-15-9-5-8-14-7-2-3-10-16(14)15/h2-4,6-7,10-11,15,17H,5,8-9,12,19H2,1H3. The normalized spacial score (nSPS) is 19.4. The lowest BCUT2D eigenvalue weighted by molar-refractivity contribution is 0.471. The van der Waals surface area contributed by atoms with E-state index in [-0.39, 0.29) is 6.04 Å². The molecule has 2 nitrogen and oxygen atoms in total. The van der Waals surface area contributed by atoms with Crippen LogP contribution in [0.5, 0.6) is 0 Å². The Kier molecular flexibility index (Phi) is 3.83. The van der Waals surface area contributed by atoms with Crippen molar-refractivity contribution in [3.8, 4) is 0 Å². The van der Waals surface area contributed by atoms with Crippen LogP contribution in [-0.4, -0.2) is 4.98 Å². The highest BCUT2D eigenvalue weighted by molar-refractivity contribution is 5.33. The molecule has 0 bridgehead atoms. The second-order valence-corrected chi connectivity index (χ2v) is 5.83. The fourth-order valence-electron chi connectivity index (χ4n) is 3.30. The van der Waals surface area contributed by atoms with Crippen LogP contribution in [0.2, 0.25) is 0 Å². The van der Waals surface area contributed by atoms with E-state index < -0.39 is 0 Å². The van der Waals surface area contributed by atoms with E-state index in [0.29, 0.717) is 5.92 Å². The SMILES string of the molecule is Cc1cccc(C(N)CC2CCCc3ccccc32)n1. The van der Waals surface area contributed by atoms with Crippen molar-refractivity contribution in [3.05, 3.63) is 65.0 Å². The number of fused-ring (bicyclic) bond motifs is 1. The smallest absolute Gasteiger partial charge is 0.0574 e. The van der Waals surface area contributed by atoms with Crippen LogP contribution in [0, 0.1) is 6.92 Å². The van der Waals surface area contributed by atoms with Gasteiger partial charge in [-0.3, -0.25) is 4.98 Å². The third-order valence-corrected chi connectivity index (χ3v) is 4.32. The van der Waals surface area contributed by atoms with Crippen molar-refractivity contribution in [1.82, 2.24) is 4.98 Å². The molecule has 1 aliphatic rings. The van der Waals surface area contributed by atoms with Gasteiger partial charge in [0.25, 0.3) is 0 Å². The van der Waals surface area contributed by atoms with E-state index in [4.69, 9.17) is 5.73 Å². The zero-order chi connectivity index (χ0) is 13.9. The number of nitrogens with two attached hydrogens (primary N) is 1. The number of aromatic nitrogens is 1. The van der Waals surface area contributed by atoms with Crippen LogP contribution in [0.15, 0.2) is 42.5 Å². The van der Waals surface area contributed by atoms with Crippen LogP contribution in [0.3, 0.4) is 0 Å². The predicted octanol–water partition coefficient (Wildman–Crippen LogP) is 3.90. The molecular weight excluding hydrogens is 244 g/mol. The first-order valence-electron chi connectivity index (χ1n) is 7.51. The van der Waals surface area contributed by atoms with Crippen LogP contribution in [0.25, 0.3) is 0 Å². The maximum absolute atomic E-state index is 6.39. The maximum atomic E-state index is 6.39. The van der Waals surface area contributed by atoms with Gasteiger partial charge in [0.15, 0.2) is 0 Å². The highest BCUT2D eigenvalue weighted by Crippen LogP contribution is 2.36. The van der Waals surface area contributed by atoms with E-state index in [0.717, 1.165) is 17.8 Å². The minimum absolute atomic E-state index is 0.0334. The number of pyridine rings is 1. The average Bonchev–Trinajstić information content (AvgIpc) is 2.47. The Hall–Kier alpha value is -1.67. The summed E-state index contributed by atoms with van der Waals surface area (Å²) in [6, 6.07) is 15.0. The summed E-state index contributed by atoms with van der Waals surface area (Å²) in [5, 5.41) is 0. The largest absolute Gasteiger partial charge is 0.323 e. The first kappa shape index (κ1) is 13.3. The Morgan fingerprint density at radius 3 is 2.90 bits per heavy atom. The molecule has 0 saturated carbocycles. The Morgan fingerprint density at radius 1 is 1.20 bits per heavy atom. The van der Waals surface area contributed by atoms with Gasteiger partial charge in [-0.15, -0.1) is 0 Å². The Bertz CT molecular complexity index is 591. The van der Waals surface area contributed by atoms with Crippen LogP contribution >= 0.6 is 0 Å². The lowest BCUT2D eigenvalue weighted by Gasteiger charge is -2.27. The molecule has 3 rings (SSSR count). The molecule has 1 aromatic heterocycles. The van der Waals surface area contributed by atoms with E-state index in [9.17, 15) is 0 Å². The number of benzene rings is 1. The molecule has 0 spiro atoms. The molecule has 2 heteroatoms. The predicted molar refractivity (Wildman–Crippen MR) is 82.6 cm³/mol. The van der Waals surface area contributed by atoms with Gasteiger partial charge in [0.1, 0.15) is 0 Å². The first-order chi connectivity index (χ1) is 9.74. The van der Waals surface area contributed by atoms with E-state index in [1.165, 1.54) is 30.4 Å². The van der Waals surface area contributed by atoms with Crippen molar-refractivity contribution >= 4 is 0 Å². The van der Waals surface area contributed by atoms with E-state index in [2.05, 4.69) is 29.2 Å². The summed E-state index contributed by atoms with van der Waals surface area (Å²) in [6.45, 7) is 2.02. The molecule has 1 aromatic carbocycles. The van der Waals surface area contributed by atoms with Crippen molar-refractivity contribution < 1.29 is 0 Å². The molecule has 1 heterocycles. The Labute approximate surface area is 121 Å². The highest BCUT2D eigenvalue weighted by atomic mass is 14.8. The van der Waals surface area contributed by atoms with Gasteiger partial charge in [0, 0.05) is 11.7 Å². The summed E-state index contributed by atoms with van der Waals surface area (Å²) in [5.41, 5.74) is 11.5. The summed E-state index contributed by atoms with van der Waals surface area (Å²) >= 11 is 0. The molecule has 104 valence electrons. The number of rotatable bonds is 3. The lowest BCUT2D eigenvalue weighted by atomic mass is 9.79. The zero-order valence-electron chi connectivity index (χ0n) is 12.0. The highest BCUT2D eigenvalue weighted by Gasteiger charge is 2.22. The minimum atomic E-state index is 0.0334. The van der Waals surface area contributed by atoms with Crippen molar-refractivity contribution in [2.75, 3.05) is 0 Å². The molecule has 2 unspecified atom stereocenters. The van der Waals surface area contributed by atoms with Gasteiger partial charge in [-0.1, -0.05) is 30.3 Å². The van der Waals surface area contributed by atoms with Crippen molar-refractivity contribution in [1.29, 1.82) is 0 Å². The average molecular weight is 266 g/mol. The van der Waals surface area contributed by atoms with Gasteiger partial charge < -0.3 is 5.73 Å². The minimum Gasteiger partial charge on any atom is -0.323 e.